The van der Waals surface area contributed by atoms with E-state index in [0.717, 1.165) is 4.57 Å². The molecule has 0 aliphatic rings. The summed E-state index contributed by atoms with van der Waals surface area (Å²) in [5, 5.41) is 0.455. The number of alkyl halides is 3. The van der Waals surface area contributed by atoms with E-state index in [-0.39, 0.29) is 29.2 Å². The molecule has 0 aliphatic heterocycles. The Morgan fingerprint density at radius 1 is 1.30 bits per heavy atom. The first-order valence-electron chi connectivity index (χ1n) is 6.51. The molecule has 0 bridgehead atoms. The van der Waals surface area contributed by atoms with Crippen LogP contribution in [0.15, 0.2) is 28.7 Å². The average molecular weight is 408 g/mol. The molecular formula is C15H11BrClF3N2O. The van der Waals surface area contributed by atoms with E-state index in [9.17, 15) is 13.2 Å². The molecule has 1 aromatic carbocycles. The first-order chi connectivity index (χ1) is 10.8. The summed E-state index contributed by atoms with van der Waals surface area (Å²) < 4.78 is 46.1. The van der Waals surface area contributed by atoms with E-state index in [1.165, 1.54) is 0 Å². The lowest BCUT2D eigenvalue weighted by atomic mass is 10.1. The monoisotopic (exact) mass is 406 g/mol. The van der Waals surface area contributed by atoms with Gasteiger partial charge in [0.1, 0.15) is 12.4 Å². The minimum absolute atomic E-state index is 0.112. The van der Waals surface area contributed by atoms with E-state index in [4.69, 9.17) is 22.9 Å². The van der Waals surface area contributed by atoms with Gasteiger partial charge in [-0.3, -0.25) is 0 Å². The van der Waals surface area contributed by atoms with Gasteiger partial charge in [0.2, 0.25) is 5.69 Å². The summed E-state index contributed by atoms with van der Waals surface area (Å²) in [6, 6.07) is 6.26. The highest BCUT2D eigenvalue weighted by Crippen LogP contribution is 2.47. The molecule has 0 unspecified atom stereocenters. The molecule has 8 heteroatoms. The Balaban J connectivity index is 2.77. The van der Waals surface area contributed by atoms with Crippen LogP contribution in [0.4, 0.5) is 18.9 Å². The summed E-state index contributed by atoms with van der Waals surface area (Å²) in [6.45, 7) is 8.88. The van der Waals surface area contributed by atoms with Gasteiger partial charge in [-0.1, -0.05) is 39.7 Å². The van der Waals surface area contributed by atoms with Crippen molar-refractivity contribution in [1.82, 2.24) is 4.57 Å². The summed E-state index contributed by atoms with van der Waals surface area (Å²) in [5.74, 6) is 0. The highest BCUT2D eigenvalue weighted by Gasteiger charge is 2.40. The first-order valence-corrected chi connectivity index (χ1v) is 7.68. The van der Waals surface area contributed by atoms with Gasteiger partial charge in [0.25, 0.3) is 0 Å². The van der Waals surface area contributed by atoms with Crippen LogP contribution in [-0.4, -0.2) is 11.2 Å². The molecule has 0 saturated heterocycles. The highest BCUT2D eigenvalue weighted by molar-refractivity contribution is 9.10. The SMILES string of the molecule is [C-]#[N+]c1c(Br)c(C(F)(F)F)n(COCC)c1-c1ccc(Cl)cc1. The standard InChI is InChI=1S/C15H11BrClF3N2O/c1-3-23-8-22-13(9-4-6-10(17)7-5-9)12(21-2)11(16)14(22)15(18,19)20/h4-7H,3,8H2,1H3. The zero-order chi connectivity index (χ0) is 17.2. The third-order valence-corrected chi connectivity index (χ3v) is 4.11. The number of rotatable bonds is 4. The van der Waals surface area contributed by atoms with Crippen LogP contribution in [0.25, 0.3) is 16.1 Å². The minimum atomic E-state index is -4.62. The molecule has 0 saturated carbocycles. The maximum absolute atomic E-state index is 13.4. The van der Waals surface area contributed by atoms with E-state index in [2.05, 4.69) is 20.8 Å². The maximum atomic E-state index is 13.4. The van der Waals surface area contributed by atoms with Crippen molar-refractivity contribution in [3.8, 4) is 11.3 Å². The molecule has 0 amide bonds. The fraction of sp³-hybridized carbons (Fsp3) is 0.267. The fourth-order valence-electron chi connectivity index (χ4n) is 2.17. The number of halogens is 5. The van der Waals surface area contributed by atoms with Crippen molar-refractivity contribution >= 4 is 33.2 Å². The lowest BCUT2D eigenvalue weighted by molar-refractivity contribution is -0.146. The Bertz CT molecular complexity index is 748. The van der Waals surface area contributed by atoms with Crippen LogP contribution in [0.3, 0.4) is 0 Å². The molecule has 122 valence electrons. The molecule has 0 fully saturated rings. The number of nitrogens with zero attached hydrogens (tertiary/aromatic N) is 2. The molecule has 3 nitrogen and oxygen atoms in total. The summed E-state index contributed by atoms with van der Waals surface area (Å²) in [6.07, 6.45) is -4.62. The van der Waals surface area contributed by atoms with Crippen LogP contribution in [-0.2, 0) is 17.6 Å². The Labute approximate surface area is 144 Å². The van der Waals surface area contributed by atoms with Gasteiger partial charge in [-0.15, -0.1) is 0 Å². The van der Waals surface area contributed by atoms with Gasteiger partial charge in [0.15, 0.2) is 0 Å². The molecule has 1 aromatic heterocycles. The molecule has 0 spiro atoms. The Morgan fingerprint density at radius 2 is 1.91 bits per heavy atom. The van der Waals surface area contributed by atoms with Crippen molar-refractivity contribution in [1.29, 1.82) is 0 Å². The van der Waals surface area contributed by atoms with Gasteiger partial charge >= 0.3 is 6.18 Å². The molecule has 2 rings (SSSR count). The zero-order valence-electron chi connectivity index (χ0n) is 11.9. The smallest absolute Gasteiger partial charge is 0.361 e. The van der Waals surface area contributed by atoms with Gasteiger partial charge in [-0.25, -0.2) is 4.85 Å². The molecule has 0 N–H and O–H groups in total. The normalized spacial score (nSPS) is 11.5. The number of benzene rings is 1. The van der Waals surface area contributed by atoms with Crippen molar-refractivity contribution in [3.05, 3.63) is 50.9 Å². The average Bonchev–Trinajstić information content (AvgIpc) is 2.77. The molecule has 0 atom stereocenters. The van der Waals surface area contributed by atoms with Crippen molar-refractivity contribution in [3.63, 3.8) is 0 Å². The molecule has 0 radical (unpaired) electrons. The van der Waals surface area contributed by atoms with Crippen LogP contribution in [0, 0.1) is 6.57 Å². The quantitative estimate of drug-likeness (QED) is 0.557. The predicted octanol–water partition coefficient (Wildman–Crippen LogP) is 6.13. The van der Waals surface area contributed by atoms with Crippen LogP contribution in [0.2, 0.25) is 5.02 Å². The first kappa shape index (κ1) is 17.9. The van der Waals surface area contributed by atoms with Gasteiger partial charge in [-0.05, 0) is 24.6 Å². The lowest BCUT2D eigenvalue weighted by Crippen LogP contribution is -2.16. The molecule has 2 aromatic rings. The Kier molecular flexibility index (Phi) is 5.40. The van der Waals surface area contributed by atoms with E-state index in [0.29, 0.717) is 10.6 Å². The van der Waals surface area contributed by atoms with E-state index in [1.54, 1.807) is 31.2 Å². The van der Waals surface area contributed by atoms with Crippen molar-refractivity contribution in [2.45, 2.75) is 19.8 Å². The molecule has 0 aliphatic carbocycles. The van der Waals surface area contributed by atoms with Gasteiger partial charge in [-0.2, -0.15) is 13.2 Å². The van der Waals surface area contributed by atoms with Gasteiger partial charge < -0.3 is 9.30 Å². The van der Waals surface area contributed by atoms with E-state index < -0.39 is 11.9 Å². The summed E-state index contributed by atoms with van der Waals surface area (Å²) in [4.78, 5) is 3.27. The Hall–Kier alpha value is -1.49. The summed E-state index contributed by atoms with van der Waals surface area (Å²) in [5.41, 5.74) is -0.457. The predicted molar refractivity (Wildman–Crippen MR) is 85.5 cm³/mol. The van der Waals surface area contributed by atoms with E-state index >= 15 is 0 Å². The van der Waals surface area contributed by atoms with Crippen LogP contribution in [0.5, 0.6) is 0 Å². The summed E-state index contributed by atoms with van der Waals surface area (Å²) in [7, 11) is 0. The Morgan fingerprint density at radius 3 is 2.39 bits per heavy atom. The number of ether oxygens (including phenoxy) is 1. The van der Waals surface area contributed by atoms with E-state index in [1.807, 2.05) is 0 Å². The lowest BCUT2D eigenvalue weighted by Gasteiger charge is -2.16. The second kappa shape index (κ2) is 6.95. The number of hydrogen-bond acceptors (Lipinski definition) is 1. The zero-order valence-corrected chi connectivity index (χ0v) is 14.3. The minimum Gasteiger partial charge on any atom is -0.361 e. The summed E-state index contributed by atoms with van der Waals surface area (Å²) >= 11 is 8.74. The van der Waals surface area contributed by atoms with Crippen LogP contribution < -0.4 is 0 Å². The second-order valence-corrected chi connectivity index (χ2v) is 5.76. The van der Waals surface area contributed by atoms with Gasteiger partial charge in [0, 0.05) is 11.6 Å². The fourth-order valence-corrected chi connectivity index (χ4v) is 3.01. The third-order valence-electron chi connectivity index (χ3n) is 3.10. The largest absolute Gasteiger partial charge is 0.431 e. The van der Waals surface area contributed by atoms with Crippen LogP contribution in [0.1, 0.15) is 12.6 Å². The van der Waals surface area contributed by atoms with Crippen molar-refractivity contribution in [2.24, 2.45) is 0 Å². The van der Waals surface area contributed by atoms with Gasteiger partial charge in [0.05, 0.1) is 16.7 Å². The molecule has 23 heavy (non-hydrogen) atoms. The molecular weight excluding hydrogens is 397 g/mol. The number of aromatic nitrogens is 1. The van der Waals surface area contributed by atoms with Crippen molar-refractivity contribution < 1.29 is 17.9 Å². The number of hydrogen-bond donors (Lipinski definition) is 0. The second-order valence-electron chi connectivity index (χ2n) is 4.53. The molecule has 1 heterocycles. The third kappa shape index (κ3) is 3.55. The topological polar surface area (TPSA) is 18.5 Å². The van der Waals surface area contributed by atoms with Crippen LogP contribution >= 0.6 is 27.5 Å². The highest BCUT2D eigenvalue weighted by atomic mass is 79.9. The maximum Gasteiger partial charge on any atom is 0.431 e. The van der Waals surface area contributed by atoms with Crippen molar-refractivity contribution in [2.75, 3.05) is 6.61 Å².